The molecule has 0 fully saturated rings. The van der Waals surface area contributed by atoms with E-state index in [1.807, 2.05) is 19.1 Å². The van der Waals surface area contributed by atoms with Crippen LogP contribution in [-0.4, -0.2) is 30.0 Å². The van der Waals surface area contributed by atoms with E-state index in [1.165, 1.54) is 0 Å². The van der Waals surface area contributed by atoms with Crippen molar-refractivity contribution in [3.05, 3.63) is 54.1 Å². The summed E-state index contributed by atoms with van der Waals surface area (Å²) in [4.78, 5) is 18.8. The van der Waals surface area contributed by atoms with Crippen molar-refractivity contribution >= 4 is 32.5 Å². The first-order valence-electron chi connectivity index (χ1n) is 6.99. The second-order valence-corrected chi connectivity index (χ2v) is 7.09. The average Bonchev–Trinajstić information content (AvgIpc) is 2.94. The second kappa shape index (κ2) is 5.85. The highest BCUT2D eigenvalue weighted by molar-refractivity contribution is 7.92. The number of anilines is 1. The van der Waals surface area contributed by atoms with Crippen molar-refractivity contribution in [2.45, 2.75) is 12.1 Å². The smallest absolute Gasteiger partial charge is 0.240 e. The number of hydrogen-bond donors (Lipinski definition) is 2. The molecule has 0 saturated carbocycles. The van der Waals surface area contributed by atoms with Crippen LogP contribution < -0.4 is 5.32 Å². The molecule has 0 aliphatic heterocycles. The number of aryl methyl sites for hydroxylation is 1. The zero-order chi connectivity index (χ0) is 16.4. The number of H-pyrrole nitrogens is 1. The highest BCUT2D eigenvalue weighted by atomic mass is 32.2. The summed E-state index contributed by atoms with van der Waals surface area (Å²) in [6, 6.07) is 14.2. The van der Waals surface area contributed by atoms with Crippen LogP contribution in [0.2, 0.25) is 0 Å². The van der Waals surface area contributed by atoms with E-state index in [9.17, 15) is 13.2 Å². The van der Waals surface area contributed by atoms with Gasteiger partial charge in [0.15, 0.2) is 0 Å². The summed E-state index contributed by atoms with van der Waals surface area (Å²) >= 11 is 0. The number of nitrogens with one attached hydrogen (secondary N) is 2. The van der Waals surface area contributed by atoms with E-state index in [0.717, 1.165) is 5.56 Å². The molecule has 2 aromatic carbocycles. The van der Waals surface area contributed by atoms with Gasteiger partial charge < -0.3 is 10.3 Å². The average molecular weight is 329 g/mol. The normalized spacial score (nSPS) is 11.5. The Labute approximate surface area is 133 Å². The third-order valence-electron chi connectivity index (χ3n) is 3.40. The fourth-order valence-corrected chi connectivity index (χ4v) is 3.27. The summed E-state index contributed by atoms with van der Waals surface area (Å²) < 4.78 is 24.7. The fourth-order valence-electron chi connectivity index (χ4n) is 2.22. The van der Waals surface area contributed by atoms with Crippen molar-refractivity contribution in [2.75, 3.05) is 11.1 Å². The number of benzene rings is 2. The van der Waals surface area contributed by atoms with Gasteiger partial charge in [-0.2, -0.15) is 0 Å². The molecule has 3 rings (SSSR count). The first kappa shape index (κ1) is 15.2. The maximum atomic E-state index is 12.3. The van der Waals surface area contributed by atoms with Crippen LogP contribution in [0.1, 0.15) is 5.56 Å². The Bertz CT molecular complexity index is 944. The minimum Gasteiger partial charge on any atom is -0.329 e. The first-order valence-corrected chi connectivity index (χ1v) is 8.64. The van der Waals surface area contributed by atoms with Gasteiger partial charge in [-0.05, 0) is 30.7 Å². The van der Waals surface area contributed by atoms with Crippen molar-refractivity contribution in [3.63, 3.8) is 0 Å². The molecule has 7 heteroatoms. The molecular weight excluding hydrogens is 314 g/mol. The number of imidazole rings is 1. The van der Waals surface area contributed by atoms with E-state index in [1.54, 1.807) is 36.4 Å². The predicted molar refractivity (Wildman–Crippen MR) is 88.0 cm³/mol. The Morgan fingerprint density at radius 3 is 2.57 bits per heavy atom. The standard InChI is InChI=1S/C16H15N3O3S/c1-11-6-2-3-7-12(11)17-15(20)10-23(21,22)16-18-13-8-4-5-9-14(13)19-16/h2-9H,10H2,1H3,(H,17,20)(H,18,19). The summed E-state index contributed by atoms with van der Waals surface area (Å²) in [5.74, 6) is -1.26. The number of aromatic amines is 1. The van der Waals surface area contributed by atoms with Crippen molar-refractivity contribution in [2.24, 2.45) is 0 Å². The van der Waals surface area contributed by atoms with Gasteiger partial charge in [-0.15, -0.1) is 0 Å². The molecule has 23 heavy (non-hydrogen) atoms. The number of carbonyl (C=O) groups excluding carboxylic acids is 1. The van der Waals surface area contributed by atoms with E-state index < -0.39 is 21.5 Å². The highest BCUT2D eigenvalue weighted by Crippen LogP contribution is 2.16. The largest absolute Gasteiger partial charge is 0.329 e. The van der Waals surface area contributed by atoms with Crippen molar-refractivity contribution in [1.82, 2.24) is 9.97 Å². The number of fused-ring (bicyclic) bond motifs is 1. The van der Waals surface area contributed by atoms with E-state index in [-0.39, 0.29) is 5.16 Å². The number of aromatic nitrogens is 2. The van der Waals surface area contributed by atoms with Crippen molar-refractivity contribution in [3.8, 4) is 0 Å². The summed E-state index contributed by atoms with van der Waals surface area (Å²) in [6.07, 6.45) is 0. The van der Waals surface area contributed by atoms with Crippen LogP contribution in [0.25, 0.3) is 11.0 Å². The fraction of sp³-hybridized carbons (Fsp3) is 0.125. The molecule has 118 valence electrons. The second-order valence-electron chi connectivity index (χ2n) is 5.18. The maximum Gasteiger partial charge on any atom is 0.240 e. The SMILES string of the molecule is Cc1ccccc1NC(=O)CS(=O)(=O)c1nc2ccccc2[nH]1. The van der Waals surface area contributed by atoms with Gasteiger partial charge >= 0.3 is 0 Å². The third-order valence-corrected chi connectivity index (χ3v) is 4.83. The molecule has 3 aromatic rings. The van der Waals surface area contributed by atoms with E-state index >= 15 is 0 Å². The Balaban J connectivity index is 1.80. The lowest BCUT2D eigenvalue weighted by Gasteiger charge is -2.07. The summed E-state index contributed by atoms with van der Waals surface area (Å²) in [5, 5.41) is 2.41. The number of nitrogens with zero attached hydrogens (tertiary/aromatic N) is 1. The van der Waals surface area contributed by atoms with E-state index in [2.05, 4.69) is 15.3 Å². The van der Waals surface area contributed by atoms with Crippen LogP contribution in [0.5, 0.6) is 0 Å². The number of hydrogen-bond acceptors (Lipinski definition) is 4. The molecule has 0 aliphatic carbocycles. The lowest BCUT2D eigenvalue weighted by atomic mass is 10.2. The summed E-state index contributed by atoms with van der Waals surface area (Å²) in [6.45, 7) is 1.84. The molecule has 1 aromatic heterocycles. The minimum atomic E-state index is -3.83. The quantitative estimate of drug-likeness (QED) is 0.768. The molecule has 0 saturated heterocycles. The predicted octanol–water partition coefficient (Wildman–Crippen LogP) is 2.28. The van der Waals surface area contributed by atoms with Crippen LogP contribution in [0.15, 0.2) is 53.7 Å². The topological polar surface area (TPSA) is 91.9 Å². The molecule has 1 heterocycles. The lowest BCUT2D eigenvalue weighted by molar-refractivity contribution is -0.113. The Morgan fingerprint density at radius 1 is 1.13 bits per heavy atom. The van der Waals surface area contributed by atoms with Crippen LogP contribution in [0, 0.1) is 6.92 Å². The Morgan fingerprint density at radius 2 is 1.83 bits per heavy atom. The molecule has 0 bridgehead atoms. The number of para-hydroxylation sites is 3. The molecule has 0 spiro atoms. The van der Waals surface area contributed by atoms with Gasteiger partial charge in [-0.1, -0.05) is 30.3 Å². The molecule has 2 N–H and O–H groups in total. The molecule has 0 atom stereocenters. The van der Waals surface area contributed by atoms with Gasteiger partial charge in [0, 0.05) is 5.69 Å². The van der Waals surface area contributed by atoms with Gasteiger partial charge in [0.2, 0.25) is 20.9 Å². The molecular formula is C16H15N3O3S. The number of rotatable bonds is 4. The van der Waals surface area contributed by atoms with Crippen molar-refractivity contribution < 1.29 is 13.2 Å². The van der Waals surface area contributed by atoms with Crippen LogP contribution in [-0.2, 0) is 14.6 Å². The summed E-state index contributed by atoms with van der Waals surface area (Å²) in [7, 11) is -3.83. The lowest BCUT2D eigenvalue weighted by Crippen LogP contribution is -2.24. The van der Waals surface area contributed by atoms with Crippen LogP contribution in [0.3, 0.4) is 0 Å². The number of sulfone groups is 1. The van der Waals surface area contributed by atoms with Crippen molar-refractivity contribution in [1.29, 1.82) is 0 Å². The van der Waals surface area contributed by atoms with Gasteiger partial charge in [0.1, 0.15) is 5.75 Å². The first-order chi connectivity index (χ1) is 11.0. The van der Waals surface area contributed by atoms with Gasteiger partial charge in [-0.25, -0.2) is 13.4 Å². The highest BCUT2D eigenvalue weighted by Gasteiger charge is 2.23. The van der Waals surface area contributed by atoms with E-state index in [4.69, 9.17) is 0 Å². The zero-order valence-corrected chi connectivity index (χ0v) is 13.2. The monoisotopic (exact) mass is 329 g/mol. The van der Waals surface area contributed by atoms with Crippen LogP contribution >= 0.6 is 0 Å². The van der Waals surface area contributed by atoms with Gasteiger partial charge in [0.05, 0.1) is 11.0 Å². The third kappa shape index (κ3) is 3.24. The zero-order valence-electron chi connectivity index (χ0n) is 12.4. The number of carbonyl (C=O) groups is 1. The van der Waals surface area contributed by atoms with Crippen LogP contribution in [0.4, 0.5) is 5.69 Å². The Kier molecular flexibility index (Phi) is 3.87. The summed E-state index contributed by atoms with van der Waals surface area (Å²) in [5.41, 5.74) is 2.62. The van der Waals surface area contributed by atoms with Gasteiger partial charge in [-0.3, -0.25) is 4.79 Å². The molecule has 0 unspecified atom stereocenters. The van der Waals surface area contributed by atoms with E-state index in [0.29, 0.717) is 16.7 Å². The van der Waals surface area contributed by atoms with Gasteiger partial charge in [0.25, 0.3) is 0 Å². The minimum absolute atomic E-state index is 0.196. The Hall–Kier alpha value is -2.67. The maximum absolute atomic E-state index is 12.3. The molecule has 0 aliphatic rings. The molecule has 6 nitrogen and oxygen atoms in total. The number of amides is 1. The molecule has 1 amide bonds. The molecule has 0 radical (unpaired) electrons.